The van der Waals surface area contributed by atoms with Crippen molar-refractivity contribution >= 4 is 48.3 Å². The molecular weight excluding hydrogens is 681 g/mol. The Hall–Kier alpha value is -3.36. The molecule has 2 aliphatic rings. The van der Waals surface area contributed by atoms with Crippen molar-refractivity contribution in [3.05, 3.63) is 51.8 Å². The Labute approximate surface area is 287 Å². The number of aryl methyl sites for hydroxylation is 1. The van der Waals surface area contributed by atoms with Gasteiger partial charge in [-0.15, -0.1) is 11.3 Å². The molecule has 264 valence electrons. The summed E-state index contributed by atoms with van der Waals surface area (Å²) in [5.41, 5.74) is 3.88. The van der Waals surface area contributed by atoms with E-state index in [9.17, 15) is 31.2 Å². The molecule has 0 saturated carbocycles. The van der Waals surface area contributed by atoms with E-state index in [1.807, 2.05) is 6.07 Å². The lowest BCUT2D eigenvalue weighted by atomic mass is 10.0. The summed E-state index contributed by atoms with van der Waals surface area (Å²) < 4.78 is 80.0. The molecule has 49 heavy (non-hydrogen) atoms. The zero-order valence-electron chi connectivity index (χ0n) is 27.7. The summed E-state index contributed by atoms with van der Waals surface area (Å²) in [6.07, 6.45) is -2.60. The van der Waals surface area contributed by atoms with E-state index in [2.05, 4.69) is 61.7 Å². The number of rotatable bonds is 10. The molecule has 0 bridgehead atoms. The van der Waals surface area contributed by atoms with Gasteiger partial charge in [0.2, 0.25) is 10.0 Å². The quantitative estimate of drug-likeness (QED) is 0.216. The first-order valence-corrected chi connectivity index (χ1v) is 19.0. The van der Waals surface area contributed by atoms with Crippen molar-refractivity contribution in [2.75, 3.05) is 50.8 Å². The van der Waals surface area contributed by atoms with Gasteiger partial charge in [-0.1, -0.05) is 6.07 Å². The number of piperazine rings is 1. The molecule has 0 amide bonds. The molecule has 3 aromatic heterocycles. The van der Waals surface area contributed by atoms with Gasteiger partial charge in [-0.3, -0.25) is 9.80 Å². The molecule has 1 N–H and O–H groups in total. The number of nitrogens with zero attached hydrogens (tertiary/aromatic N) is 7. The van der Waals surface area contributed by atoms with Crippen LogP contribution >= 0.6 is 11.3 Å². The molecule has 0 radical (unpaired) electrons. The third-order valence-corrected chi connectivity index (χ3v) is 12.0. The molecule has 16 heteroatoms. The van der Waals surface area contributed by atoms with Crippen LogP contribution in [-0.4, -0.2) is 101 Å². The zero-order chi connectivity index (χ0) is 35.1. The van der Waals surface area contributed by atoms with Crippen LogP contribution in [0.3, 0.4) is 0 Å². The van der Waals surface area contributed by atoms with Crippen LogP contribution < -0.4 is 5.32 Å². The van der Waals surface area contributed by atoms with E-state index in [0.717, 1.165) is 60.3 Å². The minimum absolute atomic E-state index is 0.0277. The van der Waals surface area contributed by atoms with Crippen molar-refractivity contribution in [2.45, 2.75) is 71.1 Å². The third-order valence-electron chi connectivity index (χ3n) is 9.70. The van der Waals surface area contributed by atoms with Crippen LogP contribution in [0, 0.1) is 18.3 Å². The highest BCUT2D eigenvalue weighted by atomic mass is 32.2. The molecule has 1 atom stereocenters. The van der Waals surface area contributed by atoms with E-state index < -0.39 is 29.3 Å². The van der Waals surface area contributed by atoms with E-state index in [0.29, 0.717) is 54.5 Å². The number of piperidine rings is 1. The van der Waals surface area contributed by atoms with Gasteiger partial charge < -0.3 is 9.88 Å². The molecular formula is C33H40F4N8O2S2. The number of alkyl halides is 4. The number of halogens is 4. The van der Waals surface area contributed by atoms with E-state index in [1.165, 1.54) is 22.2 Å². The van der Waals surface area contributed by atoms with Gasteiger partial charge in [-0.05, 0) is 56.0 Å². The number of fused-ring (bicyclic) bond motifs is 2. The number of aromatic nitrogens is 3. The maximum Gasteiger partial charge on any atom is 0.393 e. The first-order chi connectivity index (χ1) is 23.2. The second kappa shape index (κ2) is 14.1. The Balaban J connectivity index is 1.10. The normalized spacial score (nSPS) is 18.3. The van der Waals surface area contributed by atoms with Gasteiger partial charge in [-0.25, -0.2) is 22.8 Å². The molecule has 1 aromatic carbocycles. The van der Waals surface area contributed by atoms with Gasteiger partial charge in [0.15, 0.2) is 5.82 Å². The summed E-state index contributed by atoms with van der Waals surface area (Å²) >= 11 is 0.920. The molecule has 2 saturated heterocycles. The molecule has 0 aliphatic carbocycles. The number of likely N-dealkylation sites (tertiary alicyclic amines) is 1. The molecule has 2 fully saturated rings. The lowest BCUT2D eigenvalue weighted by Crippen LogP contribution is -2.51. The van der Waals surface area contributed by atoms with Crippen molar-refractivity contribution < 1.29 is 26.0 Å². The average Bonchev–Trinajstić information content (AvgIpc) is 3.62. The van der Waals surface area contributed by atoms with Crippen LogP contribution in [0.4, 0.5) is 23.4 Å². The lowest BCUT2D eigenvalue weighted by Gasteiger charge is -2.37. The number of hydrogen-bond acceptors (Lipinski definition) is 9. The fourth-order valence-electron chi connectivity index (χ4n) is 6.98. The monoisotopic (exact) mass is 720 g/mol. The second-order valence-corrected chi connectivity index (χ2v) is 16.2. The Morgan fingerprint density at radius 2 is 1.80 bits per heavy atom. The minimum atomic E-state index is -4.35. The Bertz CT molecular complexity index is 1970. The molecule has 6 rings (SSSR count). The van der Waals surface area contributed by atoms with Gasteiger partial charge >= 0.3 is 6.18 Å². The maximum atomic E-state index is 13.5. The van der Waals surface area contributed by atoms with Crippen LogP contribution in [0.25, 0.3) is 21.1 Å². The van der Waals surface area contributed by atoms with Crippen LogP contribution in [0.2, 0.25) is 0 Å². The first-order valence-electron chi connectivity index (χ1n) is 16.3. The zero-order valence-corrected chi connectivity index (χ0v) is 29.4. The van der Waals surface area contributed by atoms with E-state index >= 15 is 0 Å². The highest BCUT2D eigenvalue weighted by molar-refractivity contribution is 7.88. The van der Waals surface area contributed by atoms with Crippen molar-refractivity contribution in [1.82, 2.24) is 28.6 Å². The Morgan fingerprint density at radius 3 is 2.43 bits per heavy atom. The van der Waals surface area contributed by atoms with Crippen molar-refractivity contribution in [3.8, 4) is 6.07 Å². The summed E-state index contributed by atoms with van der Waals surface area (Å²) in [4.78, 5) is 13.5. The number of anilines is 1. The summed E-state index contributed by atoms with van der Waals surface area (Å²) in [7, 11) is -3.21. The standard InChI is InChI=1S/C33H40F4N8O2S2/c1-21(43-10-12-44(13-11-43)49(3,46)47)19-45-25(18-38)14-27-22(2)23(4-5-29(27)45)20-42-8-6-24(7-9-42)39-31-28-15-26(16-33(35,36)37)48-32(28)41-30(17-34)40-31/h4-5,14-15,21,24H,6-13,16-17,19-20H2,1-3H3,(H,39,40,41)/t21-/m0/s1. The summed E-state index contributed by atoms with van der Waals surface area (Å²) in [5, 5.41) is 14.9. The average molecular weight is 721 g/mol. The smallest absolute Gasteiger partial charge is 0.367 e. The topological polar surface area (TPSA) is 110 Å². The van der Waals surface area contributed by atoms with Gasteiger partial charge in [0.1, 0.15) is 29.1 Å². The number of sulfonamides is 1. The second-order valence-electron chi connectivity index (χ2n) is 13.1. The summed E-state index contributed by atoms with van der Waals surface area (Å²) in [6.45, 7) is 8.43. The van der Waals surface area contributed by atoms with E-state index in [4.69, 9.17) is 0 Å². The van der Waals surface area contributed by atoms with Gasteiger partial charge in [0.25, 0.3) is 0 Å². The predicted molar refractivity (Wildman–Crippen MR) is 183 cm³/mol. The Morgan fingerprint density at radius 1 is 1.08 bits per heavy atom. The summed E-state index contributed by atoms with van der Waals surface area (Å²) in [5.74, 6) is 0.333. The molecule has 2 aliphatic heterocycles. The highest BCUT2D eigenvalue weighted by Gasteiger charge is 2.30. The number of nitriles is 1. The lowest BCUT2D eigenvalue weighted by molar-refractivity contribution is -0.126. The fraction of sp³-hybridized carbons (Fsp3) is 0.545. The van der Waals surface area contributed by atoms with Crippen molar-refractivity contribution in [1.29, 1.82) is 5.26 Å². The molecule has 0 spiro atoms. The van der Waals surface area contributed by atoms with Gasteiger partial charge in [0.05, 0.1) is 18.1 Å². The largest absolute Gasteiger partial charge is 0.393 e. The molecule has 5 heterocycles. The number of nitrogens with one attached hydrogen (secondary N) is 1. The van der Waals surface area contributed by atoms with Crippen LogP contribution in [0.15, 0.2) is 24.3 Å². The van der Waals surface area contributed by atoms with Crippen molar-refractivity contribution in [2.24, 2.45) is 0 Å². The van der Waals surface area contributed by atoms with Crippen LogP contribution in [0.5, 0.6) is 0 Å². The molecule has 4 aromatic rings. The van der Waals surface area contributed by atoms with Gasteiger partial charge in [-0.2, -0.15) is 22.7 Å². The predicted octanol–water partition coefficient (Wildman–Crippen LogP) is 5.44. The Kier molecular flexibility index (Phi) is 10.2. The van der Waals surface area contributed by atoms with Crippen LogP contribution in [0.1, 0.15) is 47.3 Å². The number of hydrogen-bond donors (Lipinski definition) is 1. The minimum Gasteiger partial charge on any atom is -0.367 e. The highest BCUT2D eigenvalue weighted by Crippen LogP contribution is 2.34. The molecule has 10 nitrogen and oxygen atoms in total. The maximum absolute atomic E-state index is 13.5. The number of thiophene rings is 1. The fourth-order valence-corrected chi connectivity index (χ4v) is 8.88. The van der Waals surface area contributed by atoms with Crippen LogP contribution in [-0.2, 0) is 36.2 Å². The van der Waals surface area contributed by atoms with Crippen molar-refractivity contribution in [3.63, 3.8) is 0 Å². The SMILES string of the molecule is Cc1c(CN2CCC(Nc3nc(CF)nc4sc(CC(F)(F)F)cc34)CC2)ccc2c1cc(C#N)n2C[C@H](C)N1CCN(S(C)(=O)=O)CC1. The van der Waals surface area contributed by atoms with Gasteiger partial charge in [0, 0.05) is 80.2 Å². The number of benzene rings is 1. The third kappa shape index (κ3) is 8.01. The van der Waals surface area contributed by atoms with E-state index in [1.54, 1.807) is 0 Å². The summed E-state index contributed by atoms with van der Waals surface area (Å²) in [6, 6.07) is 10.1. The molecule has 0 unspecified atom stereocenters. The first kappa shape index (κ1) is 35.5. The van der Waals surface area contributed by atoms with E-state index in [-0.39, 0.29) is 22.8 Å².